The zero-order valence-corrected chi connectivity index (χ0v) is 18.2. The second kappa shape index (κ2) is 7.09. The number of hydrogen-bond acceptors (Lipinski definition) is 4. The molecular weight excluding hydrogens is 396 g/mol. The number of aromatic nitrogens is 4. The van der Waals surface area contributed by atoms with Crippen LogP contribution in [0.5, 0.6) is 0 Å². The third-order valence-corrected chi connectivity index (χ3v) is 7.22. The normalized spacial score (nSPS) is 16.6. The van der Waals surface area contributed by atoms with E-state index in [9.17, 15) is 9.59 Å². The first kappa shape index (κ1) is 19.1. The number of rotatable bonds is 2. The lowest BCUT2D eigenvalue weighted by Crippen LogP contribution is -2.37. The van der Waals surface area contributed by atoms with Crippen molar-refractivity contribution in [2.75, 3.05) is 0 Å². The molecule has 0 aliphatic carbocycles. The minimum absolute atomic E-state index is 0.0730. The van der Waals surface area contributed by atoms with Gasteiger partial charge >= 0.3 is 5.69 Å². The highest BCUT2D eigenvalue weighted by molar-refractivity contribution is 7.09. The van der Waals surface area contributed by atoms with Crippen LogP contribution in [-0.4, -0.2) is 18.7 Å². The minimum atomic E-state index is -0.293. The van der Waals surface area contributed by atoms with Crippen LogP contribution in [-0.2, 0) is 20.6 Å². The maximum Gasteiger partial charge on any atom is 0.331 e. The van der Waals surface area contributed by atoms with Crippen molar-refractivity contribution >= 4 is 22.2 Å². The van der Waals surface area contributed by atoms with Crippen molar-refractivity contribution in [3.05, 3.63) is 72.9 Å². The summed E-state index contributed by atoms with van der Waals surface area (Å²) in [5.41, 5.74) is 4.20. The monoisotopic (exact) mass is 420 g/mol. The Labute approximate surface area is 178 Å². The van der Waals surface area contributed by atoms with E-state index in [0.29, 0.717) is 5.39 Å². The number of thiazole rings is 1. The van der Waals surface area contributed by atoms with Gasteiger partial charge in [0.25, 0.3) is 5.56 Å². The van der Waals surface area contributed by atoms with Crippen LogP contribution in [0.2, 0.25) is 0 Å². The van der Waals surface area contributed by atoms with Crippen LogP contribution in [0.3, 0.4) is 0 Å². The van der Waals surface area contributed by atoms with Gasteiger partial charge in [-0.25, -0.2) is 9.78 Å². The maximum absolute atomic E-state index is 13.4. The van der Waals surface area contributed by atoms with Gasteiger partial charge in [-0.3, -0.25) is 13.9 Å². The van der Waals surface area contributed by atoms with Gasteiger partial charge in [0, 0.05) is 31.7 Å². The summed E-state index contributed by atoms with van der Waals surface area (Å²) in [6.45, 7) is 2.83. The summed E-state index contributed by atoms with van der Waals surface area (Å²) in [5.74, 6) is 0.0730. The fraction of sp³-hybridized carbons (Fsp3) is 0.348. The van der Waals surface area contributed by atoms with E-state index in [2.05, 4.69) is 9.95 Å². The Morgan fingerprint density at radius 2 is 1.83 bits per heavy atom. The lowest BCUT2D eigenvalue weighted by atomic mass is 9.99. The quantitative estimate of drug-likeness (QED) is 0.496. The zero-order valence-electron chi connectivity index (χ0n) is 17.4. The summed E-state index contributed by atoms with van der Waals surface area (Å²) in [5, 5.41) is 3.76. The molecule has 6 nitrogen and oxygen atoms in total. The molecule has 1 aliphatic heterocycles. The van der Waals surface area contributed by atoms with Crippen LogP contribution >= 0.6 is 11.3 Å². The molecule has 154 valence electrons. The van der Waals surface area contributed by atoms with E-state index in [1.807, 2.05) is 37.3 Å². The Morgan fingerprint density at radius 3 is 2.53 bits per heavy atom. The molecule has 1 aliphatic rings. The molecule has 7 heteroatoms. The maximum atomic E-state index is 13.4. The number of nitrogens with zero attached hydrogens (tertiary/aromatic N) is 4. The topological polar surface area (TPSA) is 61.8 Å². The van der Waals surface area contributed by atoms with Crippen molar-refractivity contribution in [1.82, 2.24) is 18.7 Å². The van der Waals surface area contributed by atoms with E-state index in [1.165, 1.54) is 4.57 Å². The first-order valence-electron chi connectivity index (χ1n) is 10.3. The number of aryl methyl sites for hydroxylation is 2. The number of fused-ring (bicyclic) bond motifs is 3. The summed E-state index contributed by atoms with van der Waals surface area (Å²) in [4.78, 5) is 31.0. The summed E-state index contributed by atoms with van der Waals surface area (Å²) in [7, 11) is 3.33. The fourth-order valence-corrected chi connectivity index (χ4v) is 5.68. The summed E-state index contributed by atoms with van der Waals surface area (Å²) in [6, 6.07) is 10.0. The standard InChI is InChI=1S/C23H24N4O2S/c1-14-13-30-21(24-14)16-11-7-8-12-27-18(15-9-5-4-6-10-15)17-20(19(16)27)25(2)23(29)26(3)22(17)28/h4-6,9-10,13,16H,7-8,11-12H2,1-3H3/t16-/m1/s1. The van der Waals surface area contributed by atoms with E-state index in [4.69, 9.17) is 4.98 Å². The van der Waals surface area contributed by atoms with E-state index in [-0.39, 0.29) is 17.2 Å². The van der Waals surface area contributed by atoms with Gasteiger partial charge in [-0.15, -0.1) is 11.3 Å². The lowest BCUT2D eigenvalue weighted by molar-refractivity contribution is 0.633. The van der Waals surface area contributed by atoms with Crippen molar-refractivity contribution < 1.29 is 0 Å². The first-order valence-corrected chi connectivity index (χ1v) is 11.2. The highest BCUT2D eigenvalue weighted by Gasteiger charge is 2.32. The van der Waals surface area contributed by atoms with Gasteiger partial charge in [0.15, 0.2) is 0 Å². The van der Waals surface area contributed by atoms with E-state index >= 15 is 0 Å². The van der Waals surface area contributed by atoms with Crippen LogP contribution < -0.4 is 11.2 Å². The molecule has 0 radical (unpaired) electrons. The van der Waals surface area contributed by atoms with Gasteiger partial charge in [-0.2, -0.15) is 0 Å². The molecule has 0 fully saturated rings. The first-order chi connectivity index (χ1) is 14.5. The Bertz CT molecular complexity index is 1370. The highest BCUT2D eigenvalue weighted by atomic mass is 32.1. The van der Waals surface area contributed by atoms with E-state index in [1.54, 1.807) is 30.0 Å². The number of hydrogen-bond donors (Lipinski definition) is 0. The molecule has 4 aromatic rings. The van der Waals surface area contributed by atoms with Crippen molar-refractivity contribution in [3.63, 3.8) is 0 Å². The molecule has 0 amide bonds. The van der Waals surface area contributed by atoms with Crippen LogP contribution in [0.1, 0.15) is 41.6 Å². The second-order valence-corrected chi connectivity index (χ2v) is 8.95. The van der Waals surface area contributed by atoms with Crippen LogP contribution in [0.4, 0.5) is 0 Å². The average molecular weight is 421 g/mol. The molecule has 0 spiro atoms. The molecule has 1 atom stereocenters. The SMILES string of the molecule is Cc1csc([C@@H]2CCCCn3c(-c4ccccc4)c4c(=O)n(C)c(=O)n(C)c4c32)n1. The van der Waals surface area contributed by atoms with E-state index < -0.39 is 0 Å². The lowest BCUT2D eigenvalue weighted by Gasteiger charge is -2.16. The predicted octanol–water partition coefficient (Wildman–Crippen LogP) is 3.79. The summed E-state index contributed by atoms with van der Waals surface area (Å²) < 4.78 is 5.15. The minimum Gasteiger partial charge on any atom is -0.341 e. The van der Waals surface area contributed by atoms with Crippen molar-refractivity contribution in [1.29, 1.82) is 0 Å². The largest absolute Gasteiger partial charge is 0.341 e. The molecule has 4 heterocycles. The van der Waals surface area contributed by atoms with Gasteiger partial charge < -0.3 is 4.57 Å². The predicted molar refractivity (Wildman–Crippen MR) is 120 cm³/mol. The Balaban J connectivity index is 1.98. The molecule has 0 N–H and O–H groups in total. The second-order valence-electron chi connectivity index (χ2n) is 8.06. The van der Waals surface area contributed by atoms with Gasteiger partial charge in [-0.05, 0) is 25.3 Å². The molecule has 5 rings (SSSR count). The zero-order chi connectivity index (χ0) is 21.0. The third kappa shape index (κ3) is 2.72. The molecule has 0 unspecified atom stereocenters. The van der Waals surface area contributed by atoms with Crippen molar-refractivity contribution in [2.24, 2.45) is 14.1 Å². The Kier molecular flexibility index (Phi) is 4.50. The molecule has 0 saturated carbocycles. The molecule has 0 saturated heterocycles. The summed E-state index contributed by atoms with van der Waals surface area (Å²) in [6.07, 6.45) is 3.08. The van der Waals surface area contributed by atoms with Crippen molar-refractivity contribution in [3.8, 4) is 11.3 Å². The van der Waals surface area contributed by atoms with Crippen LogP contribution in [0.25, 0.3) is 22.2 Å². The fourth-order valence-electron chi connectivity index (χ4n) is 4.75. The molecular formula is C23H24N4O2S. The Morgan fingerprint density at radius 1 is 1.07 bits per heavy atom. The van der Waals surface area contributed by atoms with Gasteiger partial charge in [0.1, 0.15) is 5.01 Å². The van der Waals surface area contributed by atoms with Crippen LogP contribution in [0.15, 0.2) is 45.3 Å². The van der Waals surface area contributed by atoms with E-state index in [0.717, 1.165) is 59.0 Å². The highest BCUT2D eigenvalue weighted by Crippen LogP contribution is 2.42. The smallest absolute Gasteiger partial charge is 0.331 e. The third-order valence-electron chi connectivity index (χ3n) is 6.14. The van der Waals surface area contributed by atoms with Crippen molar-refractivity contribution in [2.45, 2.75) is 38.6 Å². The molecule has 0 bridgehead atoms. The number of benzene rings is 1. The van der Waals surface area contributed by atoms with Crippen LogP contribution in [0, 0.1) is 6.92 Å². The van der Waals surface area contributed by atoms with Gasteiger partial charge in [-0.1, -0.05) is 36.8 Å². The van der Waals surface area contributed by atoms with Gasteiger partial charge in [0.05, 0.1) is 28.2 Å². The summed E-state index contributed by atoms with van der Waals surface area (Å²) >= 11 is 1.66. The molecule has 1 aromatic carbocycles. The average Bonchev–Trinajstić information content (AvgIpc) is 3.26. The Hall–Kier alpha value is -2.93. The van der Waals surface area contributed by atoms with Gasteiger partial charge in [0.2, 0.25) is 0 Å². The molecule has 30 heavy (non-hydrogen) atoms. The molecule has 3 aromatic heterocycles.